The third-order valence-electron chi connectivity index (χ3n) is 3.61. The van der Waals surface area contributed by atoms with Gasteiger partial charge in [-0.15, -0.1) is 0 Å². The van der Waals surface area contributed by atoms with Crippen molar-refractivity contribution in [3.63, 3.8) is 0 Å². The molecule has 16 heavy (non-hydrogen) atoms. The molecule has 1 N–H and O–H groups in total. The Morgan fingerprint density at radius 2 is 2.12 bits per heavy atom. The average Bonchev–Trinajstić information content (AvgIpc) is 2.83. The predicted octanol–water partition coefficient (Wildman–Crippen LogP) is 2.48. The lowest BCUT2D eigenvalue weighted by molar-refractivity contribution is 0.109. The summed E-state index contributed by atoms with van der Waals surface area (Å²) in [5.41, 5.74) is 1.80. The summed E-state index contributed by atoms with van der Waals surface area (Å²) in [5.74, 6) is 0.450. The molecule has 1 aliphatic rings. The smallest absolute Gasteiger partial charge is 0.0847 e. The van der Waals surface area contributed by atoms with Crippen LogP contribution in [0.25, 0.3) is 0 Å². The first-order valence-electron chi connectivity index (χ1n) is 5.95. The fraction of sp³-hybridized carbons (Fsp3) is 0.750. The third kappa shape index (κ3) is 2.25. The minimum absolute atomic E-state index is 0.269. The van der Waals surface area contributed by atoms with E-state index in [-0.39, 0.29) is 6.10 Å². The van der Waals surface area contributed by atoms with Crippen LogP contribution in [0, 0.1) is 12.8 Å². The predicted molar refractivity (Wildman–Crippen MR) is 64.6 cm³/mol. The molecule has 1 heterocycles. The molecular weight excluding hydrogens is 224 g/mol. The number of aliphatic hydroxyl groups is 1. The number of rotatable bonds is 3. The highest BCUT2D eigenvalue weighted by Crippen LogP contribution is 2.30. The van der Waals surface area contributed by atoms with Crippen LogP contribution in [0.1, 0.15) is 37.1 Å². The number of hydrogen-bond acceptors (Lipinski definition) is 2. The molecule has 0 aliphatic heterocycles. The van der Waals surface area contributed by atoms with Crippen molar-refractivity contribution in [2.75, 3.05) is 0 Å². The number of aromatic nitrogens is 2. The first-order valence-corrected chi connectivity index (χ1v) is 6.33. The molecule has 0 spiro atoms. The fourth-order valence-corrected chi connectivity index (χ4v) is 2.85. The topological polar surface area (TPSA) is 38.0 Å². The molecule has 1 saturated carbocycles. The molecule has 1 aromatic heterocycles. The number of hydrogen-bond donors (Lipinski definition) is 1. The lowest BCUT2D eigenvalue weighted by Gasteiger charge is -2.17. The van der Waals surface area contributed by atoms with Crippen molar-refractivity contribution in [2.45, 2.75) is 45.1 Å². The van der Waals surface area contributed by atoms with Gasteiger partial charge in [0.2, 0.25) is 0 Å². The van der Waals surface area contributed by atoms with Crippen molar-refractivity contribution in [2.24, 2.45) is 13.0 Å². The lowest BCUT2D eigenvalue weighted by atomic mass is 9.97. The maximum atomic E-state index is 10.2. The van der Waals surface area contributed by atoms with E-state index in [1.807, 2.05) is 14.0 Å². The minimum atomic E-state index is -0.269. The maximum absolute atomic E-state index is 10.2. The van der Waals surface area contributed by atoms with Crippen LogP contribution in [-0.4, -0.2) is 21.0 Å². The lowest BCUT2D eigenvalue weighted by Crippen LogP contribution is -2.21. The van der Waals surface area contributed by atoms with Gasteiger partial charge in [0, 0.05) is 13.5 Å². The van der Waals surface area contributed by atoms with Crippen LogP contribution in [0.15, 0.2) is 0 Å². The minimum Gasteiger partial charge on any atom is -0.392 e. The normalized spacial score (nSPS) is 19.2. The van der Waals surface area contributed by atoms with Crippen LogP contribution in [0.2, 0.25) is 5.02 Å². The molecule has 0 bridgehead atoms. The Balaban J connectivity index is 2.07. The maximum Gasteiger partial charge on any atom is 0.0847 e. The van der Waals surface area contributed by atoms with Gasteiger partial charge in [-0.1, -0.05) is 24.4 Å². The van der Waals surface area contributed by atoms with Gasteiger partial charge in [0.15, 0.2) is 0 Å². The van der Waals surface area contributed by atoms with Crippen molar-refractivity contribution >= 4 is 11.6 Å². The second kappa shape index (κ2) is 4.76. The number of aliphatic hydroxyl groups excluding tert-OH is 1. The van der Waals surface area contributed by atoms with Gasteiger partial charge in [0.05, 0.1) is 22.5 Å². The Hall–Kier alpha value is -0.540. The molecule has 1 atom stereocenters. The van der Waals surface area contributed by atoms with Crippen LogP contribution >= 0.6 is 11.6 Å². The third-order valence-corrected chi connectivity index (χ3v) is 4.10. The fourth-order valence-electron chi connectivity index (χ4n) is 2.61. The highest BCUT2D eigenvalue weighted by atomic mass is 35.5. The molecule has 1 unspecified atom stereocenters. The Labute approximate surface area is 101 Å². The summed E-state index contributed by atoms with van der Waals surface area (Å²) in [6.45, 7) is 1.90. The van der Waals surface area contributed by atoms with Crippen LogP contribution in [0.3, 0.4) is 0 Å². The Morgan fingerprint density at radius 3 is 2.62 bits per heavy atom. The molecule has 1 aromatic rings. The van der Waals surface area contributed by atoms with Gasteiger partial charge >= 0.3 is 0 Å². The Morgan fingerprint density at radius 1 is 1.50 bits per heavy atom. The molecule has 0 saturated heterocycles. The van der Waals surface area contributed by atoms with Gasteiger partial charge in [-0.3, -0.25) is 4.68 Å². The highest BCUT2D eigenvalue weighted by molar-refractivity contribution is 6.31. The quantitative estimate of drug-likeness (QED) is 0.884. The van der Waals surface area contributed by atoms with E-state index in [2.05, 4.69) is 5.10 Å². The Bertz CT molecular complexity index is 369. The molecule has 0 amide bonds. The average molecular weight is 243 g/mol. The standard InChI is InChI=1S/C12H19ClN2O/c1-8-12(13)10(15(2)14-8)7-11(16)9-5-3-4-6-9/h9,11,16H,3-7H2,1-2H3. The second-order valence-electron chi connectivity index (χ2n) is 4.79. The van der Waals surface area contributed by atoms with E-state index in [4.69, 9.17) is 11.6 Å². The molecule has 2 rings (SSSR count). The van der Waals surface area contributed by atoms with E-state index < -0.39 is 0 Å². The van der Waals surface area contributed by atoms with Gasteiger partial charge in [0.25, 0.3) is 0 Å². The molecule has 4 heteroatoms. The zero-order valence-electron chi connectivity index (χ0n) is 9.91. The van der Waals surface area contributed by atoms with Gasteiger partial charge in [-0.2, -0.15) is 5.10 Å². The molecule has 1 fully saturated rings. The first-order chi connectivity index (χ1) is 7.59. The first kappa shape index (κ1) is 11.9. The van der Waals surface area contributed by atoms with Crippen LogP contribution < -0.4 is 0 Å². The van der Waals surface area contributed by atoms with Crippen molar-refractivity contribution < 1.29 is 5.11 Å². The monoisotopic (exact) mass is 242 g/mol. The second-order valence-corrected chi connectivity index (χ2v) is 5.16. The molecule has 1 aliphatic carbocycles. The van der Waals surface area contributed by atoms with Crippen molar-refractivity contribution in [1.82, 2.24) is 9.78 Å². The summed E-state index contributed by atoms with van der Waals surface area (Å²) >= 11 is 6.17. The van der Waals surface area contributed by atoms with Gasteiger partial charge in [-0.05, 0) is 25.7 Å². The van der Waals surface area contributed by atoms with Crippen molar-refractivity contribution in [1.29, 1.82) is 0 Å². The Kier molecular flexibility index (Phi) is 3.55. The van der Waals surface area contributed by atoms with E-state index in [1.165, 1.54) is 12.8 Å². The van der Waals surface area contributed by atoms with Gasteiger partial charge < -0.3 is 5.11 Å². The van der Waals surface area contributed by atoms with E-state index in [1.54, 1.807) is 4.68 Å². The zero-order valence-corrected chi connectivity index (χ0v) is 10.7. The summed E-state index contributed by atoms with van der Waals surface area (Å²) in [4.78, 5) is 0. The van der Waals surface area contributed by atoms with Crippen molar-refractivity contribution in [3.05, 3.63) is 16.4 Å². The molecule has 0 radical (unpaired) electrons. The SMILES string of the molecule is Cc1nn(C)c(CC(O)C2CCCC2)c1Cl. The van der Waals surface area contributed by atoms with Crippen LogP contribution in [0.5, 0.6) is 0 Å². The number of nitrogens with zero attached hydrogens (tertiary/aromatic N) is 2. The summed E-state index contributed by atoms with van der Waals surface area (Å²) < 4.78 is 1.79. The molecular formula is C12H19ClN2O. The van der Waals surface area contributed by atoms with Crippen LogP contribution in [-0.2, 0) is 13.5 Å². The van der Waals surface area contributed by atoms with E-state index >= 15 is 0 Å². The summed E-state index contributed by atoms with van der Waals surface area (Å²) in [7, 11) is 1.88. The van der Waals surface area contributed by atoms with Gasteiger partial charge in [0.1, 0.15) is 0 Å². The highest BCUT2D eigenvalue weighted by Gasteiger charge is 2.25. The molecule has 3 nitrogen and oxygen atoms in total. The van der Waals surface area contributed by atoms with E-state index in [0.29, 0.717) is 17.4 Å². The van der Waals surface area contributed by atoms with Crippen molar-refractivity contribution in [3.8, 4) is 0 Å². The molecule has 90 valence electrons. The molecule has 0 aromatic carbocycles. The largest absolute Gasteiger partial charge is 0.392 e. The van der Waals surface area contributed by atoms with Gasteiger partial charge in [-0.25, -0.2) is 0 Å². The summed E-state index contributed by atoms with van der Waals surface area (Å²) in [5, 5.41) is 15.1. The number of halogens is 1. The summed E-state index contributed by atoms with van der Waals surface area (Å²) in [6.07, 6.45) is 5.15. The van der Waals surface area contributed by atoms with E-state index in [0.717, 1.165) is 24.2 Å². The van der Waals surface area contributed by atoms with Crippen LogP contribution in [0.4, 0.5) is 0 Å². The van der Waals surface area contributed by atoms with E-state index in [9.17, 15) is 5.11 Å². The number of aryl methyl sites for hydroxylation is 2. The summed E-state index contributed by atoms with van der Waals surface area (Å²) in [6, 6.07) is 0. The zero-order chi connectivity index (χ0) is 11.7.